The minimum Gasteiger partial charge on any atom is -0.497 e. The van der Waals surface area contributed by atoms with Crippen LogP contribution in [0.3, 0.4) is 0 Å². The van der Waals surface area contributed by atoms with Crippen molar-refractivity contribution in [3.8, 4) is 5.75 Å². The highest BCUT2D eigenvalue weighted by Gasteiger charge is 2.28. The van der Waals surface area contributed by atoms with E-state index in [2.05, 4.69) is 4.72 Å². The predicted molar refractivity (Wildman–Crippen MR) is 101 cm³/mol. The van der Waals surface area contributed by atoms with E-state index < -0.39 is 20.0 Å². The highest BCUT2D eigenvalue weighted by molar-refractivity contribution is 7.93. The van der Waals surface area contributed by atoms with Crippen LogP contribution in [0.2, 0.25) is 0 Å². The van der Waals surface area contributed by atoms with Gasteiger partial charge in [0.15, 0.2) is 0 Å². The second kappa shape index (κ2) is 6.81. The topological polar surface area (TPSA) is 92.8 Å². The van der Waals surface area contributed by atoms with Crippen LogP contribution in [0.15, 0.2) is 47.4 Å². The second-order valence-electron chi connectivity index (χ2n) is 6.02. The molecule has 7 nitrogen and oxygen atoms in total. The summed E-state index contributed by atoms with van der Waals surface area (Å²) in [6, 6.07) is 10.9. The summed E-state index contributed by atoms with van der Waals surface area (Å²) < 4.78 is 58.1. The minimum atomic E-state index is -3.75. The summed E-state index contributed by atoms with van der Waals surface area (Å²) in [5.41, 5.74) is 1.59. The van der Waals surface area contributed by atoms with Crippen molar-refractivity contribution >= 4 is 31.4 Å². The zero-order valence-corrected chi connectivity index (χ0v) is 16.1. The molecule has 2 aromatic carbocycles. The van der Waals surface area contributed by atoms with E-state index in [1.165, 1.54) is 23.5 Å². The number of ether oxygens (including phenoxy) is 1. The fourth-order valence-electron chi connectivity index (χ4n) is 2.81. The molecule has 0 radical (unpaired) electrons. The lowest BCUT2D eigenvalue weighted by Gasteiger charge is -2.19. The number of anilines is 2. The Morgan fingerprint density at radius 3 is 2.35 bits per heavy atom. The Hall–Kier alpha value is -2.26. The number of nitrogens with one attached hydrogen (secondary N) is 1. The lowest BCUT2D eigenvalue weighted by Crippen LogP contribution is -2.25. The van der Waals surface area contributed by atoms with Crippen LogP contribution in [-0.4, -0.2) is 36.2 Å². The summed E-state index contributed by atoms with van der Waals surface area (Å²) in [6.07, 6.45) is 0.591. The maximum atomic E-state index is 12.5. The smallest absolute Gasteiger partial charge is 0.261 e. The van der Waals surface area contributed by atoms with Gasteiger partial charge in [-0.25, -0.2) is 16.8 Å². The number of nitrogens with zero attached hydrogens (tertiary/aromatic N) is 1. The van der Waals surface area contributed by atoms with E-state index in [0.717, 1.165) is 0 Å². The van der Waals surface area contributed by atoms with Crippen LogP contribution >= 0.6 is 0 Å². The van der Waals surface area contributed by atoms with Crippen LogP contribution in [-0.2, 0) is 20.0 Å². The first-order valence-corrected chi connectivity index (χ1v) is 11.1. The molecule has 0 bridgehead atoms. The molecule has 1 fully saturated rings. The average molecular weight is 396 g/mol. The molecule has 9 heteroatoms. The summed E-state index contributed by atoms with van der Waals surface area (Å²) in [6.45, 7) is 2.18. The normalized spacial score (nSPS) is 16.5. The van der Waals surface area contributed by atoms with Gasteiger partial charge in [-0.2, -0.15) is 0 Å². The third-order valence-electron chi connectivity index (χ3n) is 4.21. The number of benzene rings is 2. The molecular formula is C17H20N2O5S2. The van der Waals surface area contributed by atoms with Crippen molar-refractivity contribution in [3.05, 3.63) is 48.0 Å². The maximum absolute atomic E-state index is 12.5. The summed E-state index contributed by atoms with van der Waals surface area (Å²) in [5, 5.41) is 0. The van der Waals surface area contributed by atoms with Crippen molar-refractivity contribution in [2.75, 3.05) is 28.4 Å². The largest absolute Gasteiger partial charge is 0.497 e. The third kappa shape index (κ3) is 3.63. The van der Waals surface area contributed by atoms with Crippen molar-refractivity contribution in [2.24, 2.45) is 0 Å². The molecule has 0 amide bonds. The molecule has 0 unspecified atom stereocenters. The Morgan fingerprint density at radius 2 is 1.81 bits per heavy atom. The van der Waals surface area contributed by atoms with Gasteiger partial charge in [0.2, 0.25) is 10.0 Å². The number of sulfonamides is 2. The molecule has 2 aromatic rings. The van der Waals surface area contributed by atoms with Crippen LogP contribution in [0.25, 0.3) is 0 Å². The molecule has 1 aliphatic rings. The molecule has 0 atom stereocenters. The molecule has 1 saturated heterocycles. The summed E-state index contributed by atoms with van der Waals surface area (Å²) in [4.78, 5) is 0.115. The highest BCUT2D eigenvalue weighted by atomic mass is 32.2. The van der Waals surface area contributed by atoms with E-state index in [-0.39, 0.29) is 10.6 Å². The molecule has 26 heavy (non-hydrogen) atoms. The van der Waals surface area contributed by atoms with Gasteiger partial charge in [-0.15, -0.1) is 0 Å². The van der Waals surface area contributed by atoms with E-state index in [9.17, 15) is 16.8 Å². The van der Waals surface area contributed by atoms with E-state index in [0.29, 0.717) is 35.7 Å². The number of hydrogen-bond acceptors (Lipinski definition) is 5. The zero-order valence-electron chi connectivity index (χ0n) is 14.5. The van der Waals surface area contributed by atoms with Gasteiger partial charge in [0, 0.05) is 6.54 Å². The third-order valence-corrected chi connectivity index (χ3v) is 7.46. The van der Waals surface area contributed by atoms with Crippen molar-refractivity contribution in [1.29, 1.82) is 0 Å². The van der Waals surface area contributed by atoms with Crippen LogP contribution in [0.4, 0.5) is 11.4 Å². The molecular weight excluding hydrogens is 376 g/mol. The lowest BCUT2D eigenvalue weighted by molar-refractivity contribution is 0.414. The maximum Gasteiger partial charge on any atom is 0.261 e. The van der Waals surface area contributed by atoms with Crippen LogP contribution in [0, 0.1) is 6.92 Å². The Bertz CT molecular complexity index is 1020. The van der Waals surface area contributed by atoms with Crippen LogP contribution in [0.1, 0.15) is 12.0 Å². The average Bonchev–Trinajstić information content (AvgIpc) is 2.96. The molecule has 1 N–H and O–H groups in total. The molecule has 0 spiro atoms. The number of hydrogen-bond donors (Lipinski definition) is 1. The summed E-state index contributed by atoms with van der Waals surface area (Å²) in [7, 11) is -5.52. The van der Waals surface area contributed by atoms with Crippen LogP contribution in [0.5, 0.6) is 5.75 Å². The Morgan fingerprint density at radius 1 is 1.12 bits per heavy atom. The molecule has 1 aliphatic heterocycles. The number of methoxy groups -OCH3 is 1. The second-order valence-corrected chi connectivity index (χ2v) is 9.72. The first kappa shape index (κ1) is 18.5. The molecule has 1 heterocycles. The minimum absolute atomic E-state index is 0.115. The predicted octanol–water partition coefficient (Wildman–Crippen LogP) is 2.34. The van der Waals surface area contributed by atoms with Gasteiger partial charge < -0.3 is 4.74 Å². The quantitative estimate of drug-likeness (QED) is 0.837. The Labute approximate surface area is 153 Å². The van der Waals surface area contributed by atoms with Gasteiger partial charge in [-0.1, -0.05) is 0 Å². The number of aryl methyl sites for hydroxylation is 1. The Balaban J connectivity index is 1.85. The highest BCUT2D eigenvalue weighted by Crippen LogP contribution is 2.29. The van der Waals surface area contributed by atoms with Gasteiger partial charge >= 0.3 is 0 Å². The van der Waals surface area contributed by atoms with Gasteiger partial charge in [-0.05, 0) is 61.4 Å². The molecule has 0 aromatic heterocycles. The zero-order chi connectivity index (χ0) is 18.9. The monoisotopic (exact) mass is 396 g/mol. The fraction of sp³-hybridized carbons (Fsp3) is 0.294. The molecule has 0 saturated carbocycles. The summed E-state index contributed by atoms with van der Waals surface area (Å²) in [5.74, 6) is 0.703. The van der Waals surface area contributed by atoms with Crippen molar-refractivity contribution in [1.82, 2.24) is 0 Å². The molecule has 0 aliphatic carbocycles. The van der Waals surface area contributed by atoms with Crippen molar-refractivity contribution in [3.63, 3.8) is 0 Å². The van der Waals surface area contributed by atoms with E-state index in [1.807, 2.05) is 0 Å². The van der Waals surface area contributed by atoms with E-state index in [4.69, 9.17) is 4.74 Å². The SMILES string of the molecule is COc1ccc(S(=O)(=O)Nc2ccc(N3CCCS3(=O)=O)cc2C)cc1. The van der Waals surface area contributed by atoms with Crippen molar-refractivity contribution < 1.29 is 21.6 Å². The van der Waals surface area contributed by atoms with Gasteiger partial charge in [0.05, 0.1) is 29.1 Å². The first-order chi connectivity index (χ1) is 12.2. The lowest BCUT2D eigenvalue weighted by atomic mass is 10.2. The van der Waals surface area contributed by atoms with Gasteiger partial charge in [0.1, 0.15) is 5.75 Å². The molecule has 140 valence electrons. The van der Waals surface area contributed by atoms with Crippen LogP contribution < -0.4 is 13.8 Å². The summed E-state index contributed by atoms with van der Waals surface area (Å²) >= 11 is 0. The van der Waals surface area contributed by atoms with E-state index in [1.54, 1.807) is 37.3 Å². The number of rotatable bonds is 5. The first-order valence-electron chi connectivity index (χ1n) is 8.01. The Kier molecular flexibility index (Phi) is 4.85. The van der Waals surface area contributed by atoms with E-state index >= 15 is 0 Å². The van der Waals surface area contributed by atoms with Gasteiger partial charge in [-0.3, -0.25) is 9.03 Å². The standard InChI is InChI=1S/C17H20N2O5S2/c1-13-12-14(19-10-3-11-25(19,20)21)4-9-17(13)18-26(22,23)16-7-5-15(24-2)6-8-16/h4-9,12,18H,3,10-11H2,1-2H3. The van der Waals surface area contributed by atoms with Gasteiger partial charge in [0.25, 0.3) is 10.0 Å². The van der Waals surface area contributed by atoms with Crippen molar-refractivity contribution in [2.45, 2.75) is 18.2 Å². The molecule has 3 rings (SSSR count). The fourth-order valence-corrected chi connectivity index (χ4v) is 5.49.